The number of fused-ring (bicyclic) bond motifs is 3. The average molecular weight is 384 g/mol. The highest BCUT2D eigenvalue weighted by molar-refractivity contribution is 5.74. The van der Waals surface area contributed by atoms with E-state index in [4.69, 9.17) is 14.5 Å². The lowest BCUT2D eigenvalue weighted by Crippen LogP contribution is -2.39. The first-order chi connectivity index (χ1) is 13.6. The van der Waals surface area contributed by atoms with E-state index in [0.29, 0.717) is 24.2 Å². The van der Waals surface area contributed by atoms with Gasteiger partial charge in [-0.15, -0.1) is 0 Å². The lowest BCUT2D eigenvalue weighted by molar-refractivity contribution is -0.163. The largest absolute Gasteiger partial charge is 0.469 e. The third-order valence-electron chi connectivity index (χ3n) is 7.24. The molecule has 5 rings (SSSR count). The minimum absolute atomic E-state index is 0.0247. The summed E-state index contributed by atoms with van der Waals surface area (Å²) in [5.74, 6) is 1.82. The van der Waals surface area contributed by atoms with Crippen LogP contribution >= 0.6 is 0 Å². The standard InChI is InChI=1S/C22H28N2O4/c1-27-21(25)16-8-13-4-5-14(9-16)19(13)28-22(26)15-6-7-18-17(10-15)11-23-20(24-18)12-2-3-12/h11-16,19H,2-10H2,1H3/t13-,14+,15?,16?,19?. The molecule has 1 aromatic rings. The predicted molar refractivity (Wildman–Crippen MR) is 100 cm³/mol. The second kappa shape index (κ2) is 7.12. The number of carbonyl (C=O) groups excluding carboxylic acids is 2. The molecule has 4 aliphatic carbocycles. The van der Waals surface area contributed by atoms with Crippen LogP contribution in [-0.2, 0) is 31.9 Å². The smallest absolute Gasteiger partial charge is 0.309 e. The molecule has 1 heterocycles. The number of methoxy groups -OCH3 is 1. The summed E-state index contributed by atoms with van der Waals surface area (Å²) in [6.07, 6.45) is 10.3. The van der Waals surface area contributed by atoms with Gasteiger partial charge in [0, 0.05) is 17.8 Å². The quantitative estimate of drug-likeness (QED) is 0.743. The van der Waals surface area contributed by atoms with Crippen LogP contribution in [0.15, 0.2) is 6.20 Å². The molecule has 5 atom stereocenters. The molecule has 3 fully saturated rings. The zero-order chi connectivity index (χ0) is 19.3. The molecule has 0 saturated heterocycles. The molecule has 3 unspecified atom stereocenters. The van der Waals surface area contributed by atoms with Crippen molar-refractivity contribution in [3.05, 3.63) is 23.3 Å². The molecule has 0 aromatic carbocycles. The molecule has 0 N–H and O–H groups in total. The van der Waals surface area contributed by atoms with E-state index in [0.717, 1.165) is 55.6 Å². The Morgan fingerprint density at radius 3 is 2.43 bits per heavy atom. The van der Waals surface area contributed by atoms with Crippen LogP contribution in [0.2, 0.25) is 0 Å². The van der Waals surface area contributed by atoms with E-state index in [9.17, 15) is 9.59 Å². The van der Waals surface area contributed by atoms with Gasteiger partial charge in [-0.25, -0.2) is 9.97 Å². The molecule has 0 aliphatic heterocycles. The van der Waals surface area contributed by atoms with Crippen LogP contribution in [0.1, 0.15) is 67.9 Å². The lowest BCUT2D eigenvalue weighted by atomic mass is 9.78. The van der Waals surface area contributed by atoms with E-state index in [1.165, 1.54) is 20.0 Å². The number of carbonyl (C=O) groups is 2. The summed E-state index contributed by atoms with van der Waals surface area (Å²) in [5.41, 5.74) is 2.23. The van der Waals surface area contributed by atoms with Gasteiger partial charge >= 0.3 is 11.9 Å². The van der Waals surface area contributed by atoms with Crippen molar-refractivity contribution in [2.75, 3.05) is 7.11 Å². The molecule has 0 amide bonds. The molecule has 3 saturated carbocycles. The summed E-state index contributed by atoms with van der Waals surface area (Å²) in [6.45, 7) is 0. The van der Waals surface area contributed by atoms with Crippen LogP contribution in [-0.4, -0.2) is 35.1 Å². The van der Waals surface area contributed by atoms with E-state index >= 15 is 0 Å². The van der Waals surface area contributed by atoms with Crippen molar-refractivity contribution >= 4 is 11.9 Å². The number of aromatic nitrogens is 2. The van der Waals surface area contributed by atoms with Crippen LogP contribution in [0.3, 0.4) is 0 Å². The number of nitrogens with zero attached hydrogens (tertiary/aromatic N) is 2. The number of hydrogen-bond acceptors (Lipinski definition) is 6. The van der Waals surface area contributed by atoms with Gasteiger partial charge in [0.1, 0.15) is 11.9 Å². The Kier molecular flexibility index (Phi) is 4.60. The average Bonchev–Trinajstić information content (AvgIpc) is 3.54. The maximum atomic E-state index is 12.9. The summed E-state index contributed by atoms with van der Waals surface area (Å²) in [5, 5.41) is 0. The fourth-order valence-electron chi connectivity index (χ4n) is 5.52. The Morgan fingerprint density at radius 2 is 1.75 bits per heavy atom. The Bertz CT molecular complexity index is 777. The molecule has 6 nitrogen and oxygen atoms in total. The molecule has 28 heavy (non-hydrogen) atoms. The highest BCUT2D eigenvalue weighted by Crippen LogP contribution is 2.47. The van der Waals surface area contributed by atoms with Crippen molar-refractivity contribution < 1.29 is 19.1 Å². The van der Waals surface area contributed by atoms with Crippen molar-refractivity contribution in [1.82, 2.24) is 9.97 Å². The van der Waals surface area contributed by atoms with Gasteiger partial charge in [0.15, 0.2) is 0 Å². The van der Waals surface area contributed by atoms with Gasteiger partial charge in [-0.3, -0.25) is 9.59 Å². The van der Waals surface area contributed by atoms with Crippen LogP contribution in [0.4, 0.5) is 0 Å². The van der Waals surface area contributed by atoms with Crippen molar-refractivity contribution in [3.8, 4) is 0 Å². The molecule has 1 aromatic heterocycles. The molecule has 0 radical (unpaired) electrons. The van der Waals surface area contributed by atoms with Crippen molar-refractivity contribution in [2.45, 2.75) is 69.8 Å². The van der Waals surface area contributed by atoms with E-state index in [2.05, 4.69) is 4.98 Å². The van der Waals surface area contributed by atoms with Gasteiger partial charge in [0.2, 0.25) is 0 Å². The van der Waals surface area contributed by atoms with Gasteiger partial charge in [-0.05, 0) is 75.2 Å². The first-order valence-corrected chi connectivity index (χ1v) is 10.8. The third-order valence-corrected chi connectivity index (χ3v) is 7.24. The number of esters is 2. The van der Waals surface area contributed by atoms with Crippen molar-refractivity contribution in [2.24, 2.45) is 23.7 Å². The van der Waals surface area contributed by atoms with Crippen LogP contribution in [0, 0.1) is 23.7 Å². The second-order valence-corrected chi connectivity index (χ2v) is 9.10. The summed E-state index contributed by atoms with van der Waals surface area (Å²) >= 11 is 0. The Morgan fingerprint density at radius 1 is 1.00 bits per heavy atom. The number of ether oxygens (including phenoxy) is 2. The van der Waals surface area contributed by atoms with Crippen molar-refractivity contribution in [3.63, 3.8) is 0 Å². The second-order valence-electron chi connectivity index (χ2n) is 9.10. The monoisotopic (exact) mass is 384 g/mol. The molecule has 4 aliphatic rings. The topological polar surface area (TPSA) is 78.4 Å². The van der Waals surface area contributed by atoms with E-state index < -0.39 is 0 Å². The van der Waals surface area contributed by atoms with Crippen molar-refractivity contribution in [1.29, 1.82) is 0 Å². The van der Waals surface area contributed by atoms with Gasteiger partial charge in [-0.1, -0.05) is 0 Å². The minimum Gasteiger partial charge on any atom is -0.469 e. The summed E-state index contributed by atoms with van der Waals surface area (Å²) in [7, 11) is 1.45. The number of hydrogen-bond donors (Lipinski definition) is 0. The summed E-state index contributed by atoms with van der Waals surface area (Å²) in [6, 6.07) is 0. The zero-order valence-corrected chi connectivity index (χ0v) is 16.4. The zero-order valence-electron chi connectivity index (χ0n) is 16.4. The van der Waals surface area contributed by atoms with Crippen LogP contribution in [0.5, 0.6) is 0 Å². The molecule has 2 bridgehead atoms. The first kappa shape index (κ1) is 18.1. The molecular formula is C22H28N2O4. The highest BCUT2D eigenvalue weighted by Gasteiger charge is 2.47. The Labute approximate surface area is 165 Å². The Hall–Kier alpha value is -1.98. The third kappa shape index (κ3) is 3.31. The van der Waals surface area contributed by atoms with Crippen LogP contribution < -0.4 is 0 Å². The first-order valence-electron chi connectivity index (χ1n) is 10.8. The minimum atomic E-state index is -0.115. The number of rotatable bonds is 4. The maximum Gasteiger partial charge on any atom is 0.309 e. The Balaban J connectivity index is 1.21. The number of aryl methyl sites for hydroxylation is 1. The van der Waals surface area contributed by atoms with Gasteiger partial charge in [-0.2, -0.15) is 0 Å². The molecule has 0 spiro atoms. The van der Waals surface area contributed by atoms with Gasteiger partial charge in [0.25, 0.3) is 0 Å². The van der Waals surface area contributed by atoms with Gasteiger partial charge in [0.05, 0.1) is 18.9 Å². The van der Waals surface area contributed by atoms with E-state index in [1.54, 1.807) is 0 Å². The van der Waals surface area contributed by atoms with Crippen LogP contribution in [0.25, 0.3) is 0 Å². The molecule has 6 heteroatoms. The van der Waals surface area contributed by atoms with Gasteiger partial charge < -0.3 is 9.47 Å². The van der Waals surface area contributed by atoms with E-state index in [-0.39, 0.29) is 29.9 Å². The summed E-state index contributed by atoms with van der Waals surface area (Å²) < 4.78 is 11.0. The fraction of sp³-hybridized carbons (Fsp3) is 0.727. The summed E-state index contributed by atoms with van der Waals surface area (Å²) in [4.78, 5) is 34.1. The lowest BCUT2D eigenvalue weighted by Gasteiger charge is -2.34. The molecular weight excluding hydrogens is 356 g/mol. The van der Waals surface area contributed by atoms with E-state index in [1.807, 2.05) is 6.20 Å². The normalized spacial score (nSPS) is 33.8. The highest BCUT2D eigenvalue weighted by atomic mass is 16.5. The fourth-order valence-corrected chi connectivity index (χ4v) is 5.52. The SMILES string of the molecule is COC(=O)C1C[C@H]2CC[C@@H](C1)C2OC(=O)C1CCc2nc(C3CC3)ncc2C1. The maximum absolute atomic E-state index is 12.9. The molecule has 150 valence electrons. The predicted octanol–water partition coefficient (Wildman–Crippen LogP) is 2.98.